The van der Waals surface area contributed by atoms with E-state index in [-0.39, 0.29) is 6.61 Å². The van der Waals surface area contributed by atoms with Crippen molar-refractivity contribution >= 4 is 5.97 Å². The molecule has 2 rings (SSSR count). The van der Waals surface area contributed by atoms with Crippen LogP contribution in [0, 0.1) is 0 Å². The fourth-order valence-corrected chi connectivity index (χ4v) is 2.28. The quantitative estimate of drug-likeness (QED) is 0.868. The van der Waals surface area contributed by atoms with Crippen molar-refractivity contribution in [1.82, 2.24) is 4.90 Å². The highest BCUT2D eigenvalue weighted by Gasteiger charge is 2.29. The van der Waals surface area contributed by atoms with Gasteiger partial charge in [0.25, 0.3) is 0 Å². The first-order valence-electron chi connectivity index (χ1n) is 6.41. The van der Waals surface area contributed by atoms with Crippen LogP contribution in [0.15, 0.2) is 18.2 Å². The molecule has 1 aromatic rings. The van der Waals surface area contributed by atoms with Gasteiger partial charge in [0.1, 0.15) is 17.5 Å². The molecule has 0 aromatic heterocycles. The fraction of sp³-hybridized carbons (Fsp3) is 0.500. The van der Waals surface area contributed by atoms with Crippen molar-refractivity contribution in [3.05, 3.63) is 23.8 Å². The van der Waals surface area contributed by atoms with Crippen molar-refractivity contribution in [2.24, 2.45) is 0 Å². The zero-order valence-corrected chi connectivity index (χ0v) is 11.7. The number of carboxylic acid groups (broad SMARTS) is 1. The lowest BCUT2D eigenvalue weighted by Crippen LogP contribution is -2.49. The van der Waals surface area contributed by atoms with Crippen LogP contribution in [0.5, 0.6) is 11.5 Å². The number of benzene rings is 1. The summed E-state index contributed by atoms with van der Waals surface area (Å²) < 4.78 is 15.8. The van der Waals surface area contributed by atoms with E-state index in [1.807, 2.05) is 23.1 Å². The molecule has 1 aliphatic rings. The molecule has 0 bridgehead atoms. The minimum absolute atomic E-state index is 0.210. The van der Waals surface area contributed by atoms with Gasteiger partial charge in [0.05, 0.1) is 27.4 Å². The summed E-state index contributed by atoms with van der Waals surface area (Å²) in [6, 6.07) is 4.88. The van der Waals surface area contributed by atoms with Gasteiger partial charge in [-0.1, -0.05) is 0 Å². The summed E-state index contributed by atoms with van der Waals surface area (Å²) in [4.78, 5) is 13.1. The number of aliphatic carboxylic acids is 1. The van der Waals surface area contributed by atoms with Gasteiger partial charge in [-0.3, -0.25) is 9.69 Å². The monoisotopic (exact) mass is 281 g/mol. The lowest BCUT2D eigenvalue weighted by atomic mass is 10.1. The Balaban J connectivity index is 2.20. The Morgan fingerprint density at radius 2 is 2.25 bits per heavy atom. The third-order valence-corrected chi connectivity index (χ3v) is 3.39. The molecule has 1 fully saturated rings. The topological polar surface area (TPSA) is 68.2 Å². The smallest absolute Gasteiger partial charge is 0.323 e. The standard InChI is InChI=1S/C14H19NO5/c1-18-11-3-4-13(19-2)10(7-11)8-15-5-6-20-9-12(15)14(16)17/h3-4,7,12H,5-6,8-9H2,1-2H3,(H,16,17). The van der Waals surface area contributed by atoms with Gasteiger partial charge in [-0.15, -0.1) is 0 Å². The Hall–Kier alpha value is -1.79. The predicted molar refractivity (Wildman–Crippen MR) is 72.2 cm³/mol. The van der Waals surface area contributed by atoms with Crippen LogP contribution < -0.4 is 9.47 Å². The lowest BCUT2D eigenvalue weighted by molar-refractivity contribution is -0.150. The van der Waals surface area contributed by atoms with Gasteiger partial charge in [-0.05, 0) is 18.2 Å². The number of methoxy groups -OCH3 is 2. The Bertz CT molecular complexity index is 477. The molecule has 20 heavy (non-hydrogen) atoms. The first kappa shape index (κ1) is 14.6. The molecule has 6 nitrogen and oxygen atoms in total. The molecule has 1 unspecified atom stereocenters. The van der Waals surface area contributed by atoms with Crippen LogP contribution in [0.2, 0.25) is 0 Å². The Labute approximate surface area is 117 Å². The molecule has 1 atom stereocenters. The molecule has 1 N–H and O–H groups in total. The van der Waals surface area contributed by atoms with Crippen LogP contribution in [0.1, 0.15) is 5.56 Å². The molecule has 0 saturated carbocycles. The third-order valence-electron chi connectivity index (χ3n) is 3.39. The normalized spacial score (nSPS) is 19.6. The van der Waals surface area contributed by atoms with E-state index in [0.29, 0.717) is 19.7 Å². The van der Waals surface area contributed by atoms with Crippen LogP contribution >= 0.6 is 0 Å². The summed E-state index contributed by atoms with van der Waals surface area (Å²) in [5, 5.41) is 9.24. The molecular weight excluding hydrogens is 262 g/mol. The number of nitrogens with zero attached hydrogens (tertiary/aromatic N) is 1. The molecule has 1 aromatic carbocycles. The minimum Gasteiger partial charge on any atom is -0.497 e. The summed E-state index contributed by atoms with van der Waals surface area (Å²) in [6.07, 6.45) is 0. The maximum atomic E-state index is 11.3. The molecule has 0 spiro atoms. The Morgan fingerprint density at radius 1 is 1.45 bits per heavy atom. The summed E-state index contributed by atoms with van der Waals surface area (Å²) in [5.74, 6) is 0.578. The van der Waals surface area contributed by atoms with E-state index in [9.17, 15) is 9.90 Å². The number of carbonyl (C=O) groups is 1. The molecule has 6 heteroatoms. The SMILES string of the molecule is COc1ccc(OC)c(CN2CCOCC2C(=O)O)c1. The van der Waals surface area contributed by atoms with Crippen molar-refractivity contribution in [2.75, 3.05) is 34.0 Å². The molecule has 110 valence electrons. The summed E-state index contributed by atoms with van der Waals surface area (Å²) in [6.45, 7) is 1.82. The van der Waals surface area contributed by atoms with Crippen molar-refractivity contribution in [2.45, 2.75) is 12.6 Å². The zero-order chi connectivity index (χ0) is 14.5. The van der Waals surface area contributed by atoms with Crippen molar-refractivity contribution in [3.8, 4) is 11.5 Å². The fourth-order valence-electron chi connectivity index (χ4n) is 2.28. The van der Waals surface area contributed by atoms with Gasteiger partial charge in [0.15, 0.2) is 0 Å². The average molecular weight is 281 g/mol. The van der Waals surface area contributed by atoms with E-state index in [2.05, 4.69) is 0 Å². The maximum Gasteiger partial charge on any atom is 0.323 e. The third kappa shape index (κ3) is 3.20. The van der Waals surface area contributed by atoms with Gasteiger partial charge in [0, 0.05) is 18.7 Å². The minimum atomic E-state index is -0.869. The number of rotatable bonds is 5. The molecule has 1 aliphatic heterocycles. The summed E-state index contributed by atoms with van der Waals surface area (Å²) in [5.41, 5.74) is 0.903. The maximum absolute atomic E-state index is 11.3. The molecule has 1 heterocycles. The van der Waals surface area contributed by atoms with Crippen LogP contribution in [-0.4, -0.2) is 56.0 Å². The second kappa shape index (κ2) is 6.58. The Morgan fingerprint density at radius 3 is 2.90 bits per heavy atom. The van der Waals surface area contributed by atoms with E-state index in [0.717, 1.165) is 17.1 Å². The lowest BCUT2D eigenvalue weighted by Gasteiger charge is -2.33. The number of ether oxygens (including phenoxy) is 3. The second-order valence-electron chi connectivity index (χ2n) is 4.58. The highest BCUT2D eigenvalue weighted by atomic mass is 16.5. The predicted octanol–water partition coefficient (Wildman–Crippen LogP) is 0.989. The van der Waals surface area contributed by atoms with Crippen molar-refractivity contribution in [3.63, 3.8) is 0 Å². The molecular formula is C14H19NO5. The van der Waals surface area contributed by atoms with Gasteiger partial charge in [0.2, 0.25) is 0 Å². The van der Waals surface area contributed by atoms with Crippen LogP contribution in [0.25, 0.3) is 0 Å². The average Bonchev–Trinajstić information content (AvgIpc) is 2.47. The van der Waals surface area contributed by atoms with Gasteiger partial charge in [-0.25, -0.2) is 0 Å². The van der Waals surface area contributed by atoms with Gasteiger partial charge in [-0.2, -0.15) is 0 Å². The van der Waals surface area contributed by atoms with Crippen molar-refractivity contribution < 1.29 is 24.1 Å². The molecule has 1 saturated heterocycles. The number of morpholine rings is 1. The molecule has 0 amide bonds. The Kier molecular flexibility index (Phi) is 4.81. The molecule has 0 radical (unpaired) electrons. The van der Waals surface area contributed by atoms with E-state index in [1.165, 1.54) is 0 Å². The first-order valence-corrected chi connectivity index (χ1v) is 6.41. The summed E-state index contributed by atoms with van der Waals surface area (Å²) in [7, 11) is 3.19. The molecule has 0 aliphatic carbocycles. The summed E-state index contributed by atoms with van der Waals surface area (Å²) >= 11 is 0. The highest BCUT2D eigenvalue weighted by Crippen LogP contribution is 2.26. The largest absolute Gasteiger partial charge is 0.497 e. The first-order chi connectivity index (χ1) is 9.65. The second-order valence-corrected chi connectivity index (χ2v) is 4.58. The number of hydrogen-bond donors (Lipinski definition) is 1. The van der Waals surface area contributed by atoms with Crippen molar-refractivity contribution in [1.29, 1.82) is 0 Å². The number of hydrogen-bond acceptors (Lipinski definition) is 5. The highest BCUT2D eigenvalue weighted by molar-refractivity contribution is 5.73. The van der Waals surface area contributed by atoms with Gasteiger partial charge < -0.3 is 19.3 Å². The van der Waals surface area contributed by atoms with Crippen LogP contribution in [0.4, 0.5) is 0 Å². The van der Waals surface area contributed by atoms with Crippen LogP contribution in [0.3, 0.4) is 0 Å². The number of carboxylic acids is 1. The van der Waals surface area contributed by atoms with E-state index in [4.69, 9.17) is 14.2 Å². The van der Waals surface area contributed by atoms with Crippen LogP contribution in [-0.2, 0) is 16.1 Å². The van der Waals surface area contributed by atoms with E-state index < -0.39 is 12.0 Å². The zero-order valence-electron chi connectivity index (χ0n) is 11.7. The van der Waals surface area contributed by atoms with E-state index >= 15 is 0 Å². The van der Waals surface area contributed by atoms with E-state index in [1.54, 1.807) is 14.2 Å². The van der Waals surface area contributed by atoms with Gasteiger partial charge >= 0.3 is 5.97 Å².